The number of esters is 1. The number of halogens is 1. The first-order valence-corrected chi connectivity index (χ1v) is 9.12. The van der Waals surface area contributed by atoms with E-state index in [1.165, 1.54) is 19.2 Å². The van der Waals surface area contributed by atoms with Gasteiger partial charge in [-0.3, -0.25) is 10.1 Å². The molecule has 0 spiro atoms. The van der Waals surface area contributed by atoms with Gasteiger partial charge in [0.05, 0.1) is 17.1 Å². The van der Waals surface area contributed by atoms with Crippen LogP contribution in [-0.2, 0) is 16.1 Å². The zero-order valence-electron chi connectivity index (χ0n) is 15.8. The summed E-state index contributed by atoms with van der Waals surface area (Å²) in [5.74, 6) is -0.417. The Labute approximate surface area is 175 Å². The Hall–Kier alpha value is -3.50. The van der Waals surface area contributed by atoms with Gasteiger partial charge >= 0.3 is 5.97 Å². The van der Waals surface area contributed by atoms with Crippen molar-refractivity contribution in [2.75, 3.05) is 25.6 Å². The maximum Gasteiger partial charge on any atom is 0.341 e. The van der Waals surface area contributed by atoms with Gasteiger partial charge < -0.3 is 19.3 Å². The Morgan fingerprint density at radius 3 is 2.87 bits per heavy atom. The number of anilines is 1. The van der Waals surface area contributed by atoms with Gasteiger partial charge in [0.1, 0.15) is 0 Å². The van der Waals surface area contributed by atoms with E-state index in [1.54, 1.807) is 24.3 Å². The van der Waals surface area contributed by atoms with Crippen LogP contribution in [0.25, 0.3) is 11.4 Å². The van der Waals surface area contributed by atoms with Crippen LogP contribution in [0.4, 0.5) is 11.4 Å². The van der Waals surface area contributed by atoms with Crippen molar-refractivity contribution in [2.24, 2.45) is 0 Å². The van der Waals surface area contributed by atoms with E-state index >= 15 is 0 Å². The fourth-order valence-electron chi connectivity index (χ4n) is 2.52. The van der Waals surface area contributed by atoms with Crippen LogP contribution < -0.4 is 5.32 Å². The molecule has 0 saturated heterocycles. The third-order valence-corrected chi connectivity index (χ3v) is 4.17. The summed E-state index contributed by atoms with van der Waals surface area (Å²) in [4.78, 5) is 27.2. The molecule has 3 rings (SSSR count). The van der Waals surface area contributed by atoms with Crippen LogP contribution in [-0.4, -0.2) is 41.3 Å². The van der Waals surface area contributed by atoms with Gasteiger partial charge in [-0.15, -0.1) is 0 Å². The number of carbonyl (C=O) groups excluding carboxylic acids is 1. The number of ether oxygens (including phenoxy) is 2. The highest BCUT2D eigenvalue weighted by atomic mass is 35.5. The largest absolute Gasteiger partial charge is 0.452 e. The van der Waals surface area contributed by atoms with Gasteiger partial charge in [-0.1, -0.05) is 28.9 Å². The number of carbonyl (C=O) groups is 1. The fourth-order valence-corrected chi connectivity index (χ4v) is 2.71. The summed E-state index contributed by atoms with van der Waals surface area (Å²) >= 11 is 5.95. The number of hydrogen-bond acceptors (Lipinski definition) is 9. The molecule has 0 aliphatic carbocycles. The van der Waals surface area contributed by atoms with Gasteiger partial charge in [0.2, 0.25) is 5.82 Å². The summed E-state index contributed by atoms with van der Waals surface area (Å²) in [7, 11) is 1.54. The van der Waals surface area contributed by atoms with Gasteiger partial charge in [-0.25, -0.2) is 4.79 Å². The van der Waals surface area contributed by atoms with Crippen LogP contribution in [0, 0.1) is 10.1 Å². The number of benzene rings is 2. The van der Waals surface area contributed by atoms with Gasteiger partial charge in [0, 0.05) is 42.1 Å². The molecule has 10 nitrogen and oxygen atoms in total. The lowest BCUT2D eigenvalue weighted by Crippen LogP contribution is -2.13. The van der Waals surface area contributed by atoms with Crippen LogP contribution in [0.15, 0.2) is 47.0 Å². The zero-order valence-corrected chi connectivity index (χ0v) is 16.6. The van der Waals surface area contributed by atoms with E-state index in [1.807, 2.05) is 0 Å². The number of non-ortho nitro benzene ring substituents is 1. The third kappa shape index (κ3) is 5.31. The third-order valence-electron chi connectivity index (χ3n) is 3.93. The van der Waals surface area contributed by atoms with Crippen molar-refractivity contribution in [3.05, 3.63) is 69.1 Å². The van der Waals surface area contributed by atoms with E-state index in [9.17, 15) is 14.9 Å². The average molecular weight is 433 g/mol. The standard InChI is InChI=1S/C19H17ClN4O6/c1-28-8-7-21-16-6-5-14(24(26)27)10-15(16)19(25)29-11-17-22-18(23-30-17)12-3-2-4-13(20)9-12/h2-6,9-10,21H,7-8,11H2,1H3. The van der Waals surface area contributed by atoms with E-state index in [0.717, 1.165) is 6.07 Å². The number of rotatable bonds is 9. The van der Waals surface area contributed by atoms with Crippen LogP contribution in [0.3, 0.4) is 0 Å². The molecule has 1 N–H and O–H groups in total. The Bertz CT molecular complexity index is 1060. The number of methoxy groups -OCH3 is 1. The Morgan fingerprint density at radius 2 is 2.13 bits per heavy atom. The number of nitro groups is 1. The first-order valence-electron chi connectivity index (χ1n) is 8.75. The molecule has 0 radical (unpaired) electrons. The normalized spacial score (nSPS) is 10.6. The van der Waals surface area contributed by atoms with Crippen molar-refractivity contribution in [3.8, 4) is 11.4 Å². The van der Waals surface area contributed by atoms with Gasteiger partial charge in [0.15, 0.2) is 6.61 Å². The Morgan fingerprint density at radius 1 is 1.30 bits per heavy atom. The van der Waals surface area contributed by atoms with Crippen molar-refractivity contribution in [2.45, 2.75) is 6.61 Å². The van der Waals surface area contributed by atoms with E-state index < -0.39 is 10.9 Å². The molecule has 0 unspecified atom stereocenters. The number of hydrogen-bond donors (Lipinski definition) is 1. The van der Waals surface area contributed by atoms with Crippen molar-refractivity contribution >= 4 is 28.9 Å². The minimum atomic E-state index is -0.777. The predicted octanol–water partition coefficient (Wildman–Crippen LogP) is 3.71. The molecular formula is C19H17ClN4O6. The van der Waals surface area contributed by atoms with Crippen LogP contribution in [0.1, 0.15) is 16.2 Å². The highest BCUT2D eigenvalue weighted by Crippen LogP contribution is 2.24. The molecule has 0 atom stereocenters. The highest BCUT2D eigenvalue weighted by Gasteiger charge is 2.19. The van der Waals surface area contributed by atoms with Crippen LogP contribution in [0.5, 0.6) is 0 Å². The monoisotopic (exact) mass is 432 g/mol. The topological polar surface area (TPSA) is 130 Å². The van der Waals surface area contributed by atoms with E-state index in [0.29, 0.717) is 35.2 Å². The lowest BCUT2D eigenvalue weighted by atomic mass is 10.1. The van der Waals surface area contributed by atoms with Crippen molar-refractivity contribution < 1.29 is 23.7 Å². The summed E-state index contributed by atoms with van der Waals surface area (Å²) in [5.41, 5.74) is 0.801. The molecular weight excluding hydrogens is 416 g/mol. The van der Waals surface area contributed by atoms with E-state index in [2.05, 4.69) is 15.5 Å². The predicted molar refractivity (Wildman–Crippen MR) is 107 cm³/mol. The van der Waals surface area contributed by atoms with Gasteiger partial charge in [0.25, 0.3) is 11.6 Å². The Balaban J connectivity index is 1.72. The van der Waals surface area contributed by atoms with Crippen molar-refractivity contribution in [1.82, 2.24) is 10.1 Å². The molecule has 0 fully saturated rings. The minimum absolute atomic E-state index is 0.00915. The zero-order chi connectivity index (χ0) is 21.5. The summed E-state index contributed by atoms with van der Waals surface area (Å²) < 4.78 is 15.3. The summed E-state index contributed by atoms with van der Waals surface area (Å²) in [6.07, 6.45) is 0. The van der Waals surface area contributed by atoms with E-state index in [-0.39, 0.29) is 23.7 Å². The fraction of sp³-hybridized carbons (Fsp3) is 0.211. The molecule has 0 bridgehead atoms. The number of nitro benzene ring substituents is 1. The summed E-state index contributed by atoms with van der Waals surface area (Å²) in [6, 6.07) is 10.8. The number of aromatic nitrogens is 2. The van der Waals surface area contributed by atoms with Crippen molar-refractivity contribution in [3.63, 3.8) is 0 Å². The first kappa shape index (κ1) is 21.2. The molecule has 2 aromatic carbocycles. The quantitative estimate of drug-likeness (QED) is 0.232. The van der Waals surface area contributed by atoms with Crippen LogP contribution >= 0.6 is 11.6 Å². The average Bonchev–Trinajstić information content (AvgIpc) is 3.21. The molecule has 0 amide bonds. The van der Waals surface area contributed by atoms with Gasteiger partial charge in [-0.2, -0.15) is 4.98 Å². The minimum Gasteiger partial charge on any atom is -0.452 e. The SMILES string of the molecule is COCCNc1ccc([N+](=O)[O-])cc1C(=O)OCc1nc(-c2cccc(Cl)c2)no1. The van der Waals surface area contributed by atoms with Crippen LogP contribution in [0.2, 0.25) is 5.02 Å². The summed E-state index contributed by atoms with van der Waals surface area (Å²) in [5, 5.41) is 18.4. The molecule has 0 aliphatic heterocycles. The molecule has 30 heavy (non-hydrogen) atoms. The molecule has 11 heteroatoms. The maximum atomic E-state index is 12.5. The molecule has 156 valence electrons. The second-order valence-corrected chi connectivity index (χ2v) is 6.44. The Kier molecular flexibility index (Phi) is 6.94. The first-order chi connectivity index (χ1) is 14.5. The lowest BCUT2D eigenvalue weighted by molar-refractivity contribution is -0.384. The van der Waals surface area contributed by atoms with Crippen molar-refractivity contribution in [1.29, 1.82) is 0 Å². The second kappa shape index (κ2) is 9.81. The lowest BCUT2D eigenvalue weighted by Gasteiger charge is -2.11. The maximum absolute atomic E-state index is 12.5. The smallest absolute Gasteiger partial charge is 0.341 e. The summed E-state index contributed by atoms with van der Waals surface area (Å²) in [6.45, 7) is 0.494. The van der Waals surface area contributed by atoms with E-state index in [4.69, 9.17) is 25.6 Å². The number of nitrogens with zero attached hydrogens (tertiary/aromatic N) is 3. The molecule has 0 saturated carbocycles. The number of nitrogens with one attached hydrogen (secondary N) is 1. The molecule has 3 aromatic rings. The second-order valence-electron chi connectivity index (χ2n) is 6.00. The van der Waals surface area contributed by atoms with Gasteiger partial charge in [-0.05, 0) is 18.2 Å². The highest BCUT2D eigenvalue weighted by molar-refractivity contribution is 6.30. The molecule has 1 aromatic heterocycles. The molecule has 0 aliphatic rings. The molecule has 1 heterocycles.